The molecule has 0 aliphatic heterocycles. The zero-order valence-electron chi connectivity index (χ0n) is 9.23. The highest BCUT2D eigenvalue weighted by Crippen LogP contribution is 2.18. The van der Waals surface area contributed by atoms with Gasteiger partial charge in [-0.25, -0.2) is 4.39 Å². The maximum absolute atomic E-state index is 13.3. The van der Waals surface area contributed by atoms with Crippen molar-refractivity contribution in [2.24, 2.45) is 0 Å². The Bertz CT molecular complexity index is 593. The van der Waals surface area contributed by atoms with Crippen LogP contribution in [0.5, 0.6) is 5.88 Å². The van der Waals surface area contributed by atoms with Crippen LogP contribution >= 0.6 is 11.6 Å². The predicted octanol–water partition coefficient (Wildman–Crippen LogP) is 3.32. The number of ether oxygens (including phenoxy) is 1. The van der Waals surface area contributed by atoms with Crippen molar-refractivity contribution < 1.29 is 9.13 Å². The van der Waals surface area contributed by atoms with Crippen LogP contribution in [0.3, 0.4) is 0 Å². The van der Waals surface area contributed by atoms with Gasteiger partial charge < -0.3 is 4.74 Å². The lowest BCUT2D eigenvalue weighted by atomic mass is 10.2. The Balaban J connectivity index is 2.07. The number of hydrogen-bond acceptors (Lipinski definition) is 3. The first-order valence-corrected chi connectivity index (χ1v) is 5.51. The molecule has 2 rings (SSSR count). The molecular formula is C13H8ClFN2O. The minimum atomic E-state index is -0.562. The molecule has 5 heteroatoms. The fourth-order valence-corrected chi connectivity index (χ4v) is 1.47. The van der Waals surface area contributed by atoms with E-state index in [0.29, 0.717) is 5.56 Å². The molecule has 1 aromatic heterocycles. The van der Waals surface area contributed by atoms with Crippen LogP contribution in [0.1, 0.15) is 11.1 Å². The Morgan fingerprint density at radius 3 is 2.61 bits per heavy atom. The molecule has 0 radical (unpaired) electrons. The minimum absolute atomic E-state index is 0.133. The van der Waals surface area contributed by atoms with Gasteiger partial charge in [0.05, 0.1) is 11.6 Å². The molecule has 0 fully saturated rings. The number of aromatic nitrogens is 1. The van der Waals surface area contributed by atoms with Crippen LogP contribution in [-0.2, 0) is 6.61 Å². The van der Waals surface area contributed by atoms with E-state index < -0.39 is 5.82 Å². The Hall–Kier alpha value is -2.12. The van der Waals surface area contributed by atoms with E-state index in [2.05, 4.69) is 4.98 Å². The minimum Gasteiger partial charge on any atom is -0.471 e. The summed E-state index contributed by atoms with van der Waals surface area (Å²) in [6.45, 7) is 0.163. The molecule has 1 aromatic carbocycles. The summed E-state index contributed by atoms with van der Waals surface area (Å²) < 4.78 is 18.5. The standard InChI is InChI=1S/C13H8ClFN2O/c14-12-6-5-11(15)13(17-12)18-8-10-3-1-9(7-16)2-4-10/h1-6H,8H2. The first kappa shape index (κ1) is 12.3. The van der Waals surface area contributed by atoms with Crippen molar-refractivity contribution in [1.29, 1.82) is 5.26 Å². The monoisotopic (exact) mass is 262 g/mol. The Labute approximate surface area is 108 Å². The number of nitrogens with zero attached hydrogens (tertiary/aromatic N) is 2. The van der Waals surface area contributed by atoms with Crippen molar-refractivity contribution >= 4 is 11.6 Å². The van der Waals surface area contributed by atoms with E-state index in [0.717, 1.165) is 5.56 Å². The topological polar surface area (TPSA) is 45.9 Å². The first-order chi connectivity index (χ1) is 8.69. The Morgan fingerprint density at radius 2 is 1.94 bits per heavy atom. The number of nitriles is 1. The summed E-state index contributed by atoms with van der Waals surface area (Å²) in [7, 11) is 0. The summed E-state index contributed by atoms with van der Waals surface area (Å²) in [5, 5.41) is 8.82. The van der Waals surface area contributed by atoms with E-state index in [4.69, 9.17) is 21.6 Å². The van der Waals surface area contributed by atoms with Gasteiger partial charge >= 0.3 is 0 Å². The van der Waals surface area contributed by atoms with Gasteiger partial charge in [-0.2, -0.15) is 10.2 Å². The van der Waals surface area contributed by atoms with Crippen LogP contribution < -0.4 is 4.74 Å². The van der Waals surface area contributed by atoms with E-state index in [-0.39, 0.29) is 17.6 Å². The molecule has 0 atom stereocenters. The van der Waals surface area contributed by atoms with Crippen molar-refractivity contribution in [3.8, 4) is 11.9 Å². The molecule has 1 heterocycles. The first-order valence-electron chi connectivity index (χ1n) is 5.13. The molecule has 0 saturated carbocycles. The number of pyridine rings is 1. The van der Waals surface area contributed by atoms with Gasteiger partial charge in [0.15, 0.2) is 5.82 Å². The third kappa shape index (κ3) is 2.96. The number of benzene rings is 1. The van der Waals surface area contributed by atoms with Crippen LogP contribution in [0.25, 0.3) is 0 Å². The molecule has 0 unspecified atom stereocenters. The lowest BCUT2D eigenvalue weighted by Gasteiger charge is -2.06. The van der Waals surface area contributed by atoms with Gasteiger partial charge in [0.2, 0.25) is 0 Å². The lowest BCUT2D eigenvalue weighted by Crippen LogP contribution is -1.99. The predicted molar refractivity (Wildman–Crippen MR) is 64.7 cm³/mol. The molecule has 0 aliphatic rings. The quantitative estimate of drug-likeness (QED) is 0.797. The molecule has 0 amide bonds. The van der Waals surface area contributed by atoms with E-state index in [1.807, 2.05) is 6.07 Å². The van der Waals surface area contributed by atoms with Crippen molar-refractivity contribution in [2.75, 3.05) is 0 Å². The van der Waals surface area contributed by atoms with Gasteiger partial charge in [-0.15, -0.1) is 0 Å². The summed E-state index contributed by atoms with van der Waals surface area (Å²) in [6.07, 6.45) is 0. The second-order valence-electron chi connectivity index (χ2n) is 3.52. The van der Waals surface area contributed by atoms with Crippen LogP contribution in [0.15, 0.2) is 36.4 Å². The van der Waals surface area contributed by atoms with E-state index in [1.165, 1.54) is 12.1 Å². The van der Waals surface area contributed by atoms with E-state index in [9.17, 15) is 4.39 Å². The molecular weight excluding hydrogens is 255 g/mol. The van der Waals surface area contributed by atoms with E-state index >= 15 is 0 Å². The highest BCUT2D eigenvalue weighted by atomic mass is 35.5. The fourth-order valence-electron chi connectivity index (χ4n) is 1.33. The molecule has 0 spiro atoms. The summed E-state index contributed by atoms with van der Waals surface area (Å²) in [6, 6.07) is 11.4. The van der Waals surface area contributed by atoms with Crippen molar-refractivity contribution in [3.05, 3.63) is 58.5 Å². The Kier molecular flexibility index (Phi) is 3.75. The highest BCUT2D eigenvalue weighted by Gasteiger charge is 2.06. The maximum atomic E-state index is 13.3. The second-order valence-corrected chi connectivity index (χ2v) is 3.91. The zero-order chi connectivity index (χ0) is 13.0. The number of hydrogen-bond donors (Lipinski definition) is 0. The number of rotatable bonds is 3. The molecule has 90 valence electrons. The van der Waals surface area contributed by atoms with Gasteiger partial charge in [-0.3, -0.25) is 0 Å². The molecule has 0 aliphatic carbocycles. The second kappa shape index (κ2) is 5.48. The van der Waals surface area contributed by atoms with Crippen LogP contribution in [0.2, 0.25) is 5.15 Å². The van der Waals surface area contributed by atoms with Crippen LogP contribution in [0, 0.1) is 17.1 Å². The van der Waals surface area contributed by atoms with Gasteiger partial charge in [-0.1, -0.05) is 23.7 Å². The largest absolute Gasteiger partial charge is 0.471 e. The molecule has 0 bridgehead atoms. The molecule has 18 heavy (non-hydrogen) atoms. The van der Waals surface area contributed by atoms with Crippen molar-refractivity contribution in [1.82, 2.24) is 4.98 Å². The molecule has 2 aromatic rings. The summed E-state index contributed by atoms with van der Waals surface area (Å²) in [5.74, 6) is -0.695. The summed E-state index contributed by atoms with van der Waals surface area (Å²) in [4.78, 5) is 3.74. The third-order valence-corrected chi connectivity index (χ3v) is 2.45. The summed E-state index contributed by atoms with van der Waals surface area (Å²) >= 11 is 5.64. The van der Waals surface area contributed by atoms with Gasteiger partial charge in [0.25, 0.3) is 5.88 Å². The van der Waals surface area contributed by atoms with Gasteiger partial charge in [-0.05, 0) is 29.8 Å². The molecule has 3 nitrogen and oxygen atoms in total. The normalized spacial score (nSPS) is 9.83. The van der Waals surface area contributed by atoms with Crippen LogP contribution in [0.4, 0.5) is 4.39 Å². The lowest BCUT2D eigenvalue weighted by molar-refractivity contribution is 0.277. The average Bonchev–Trinajstić information content (AvgIpc) is 2.40. The highest BCUT2D eigenvalue weighted by molar-refractivity contribution is 6.29. The van der Waals surface area contributed by atoms with Crippen molar-refractivity contribution in [3.63, 3.8) is 0 Å². The average molecular weight is 263 g/mol. The maximum Gasteiger partial charge on any atom is 0.252 e. The summed E-state index contributed by atoms with van der Waals surface area (Å²) in [5.41, 5.74) is 1.38. The molecule has 0 saturated heterocycles. The third-order valence-electron chi connectivity index (χ3n) is 2.24. The molecule has 0 N–H and O–H groups in total. The zero-order valence-corrected chi connectivity index (χ0v) is 9.99. The van der Waals surface area contributed by atoms with Gasteiger partial charge in [0.1, 0.15) is 11.8 Å². The fraction of sp³-hybridized carbons (Fsp3) is 0.0769. The van der Waals surface area contributed by atoms with Crippen molar-refractivity contribution in [2.45, 2.75) is 6.61 Å². The smallest absolute Gasteiger partial charge is 0.252 e. The van der Waals surface area contributed by atoms with Crippen LogP contribution in [-0.4, -0.2) is 4.98 Å². The van der Waals surface area contributed by atoms with E-state index in [1.54, 1.807) is 24.3 Å². The van der Waals surface area contributed by atoms with Gasteiger partial charge in [0, 0.05) is 0 Å². The number of halogens is 2. The SMILES string of the molecule is N#Cc1ccc(COc2nc(Cl)ccc2F)cc1. The Morgan fingerprint density at radius 1 is 1.22 bits per heavy atom.